The summed E-state index contributed by atoms with van der Waals surface area (Å²) in [6.07, 6.45) is -0.678. The third-order valence-electron chi connectivity index (χ3n) is 1.36. The van der Waals surface area contributed by atoms with E-state index in [-0.39, 0.29) is 0 Å². The Labute approximate surface area is 90.1 Å². The van der Waals surface area contributed by atoms with Gasteiger partial charge in [0, 0.05) is 4.47 Å². The second kappa shape index (κ2) is 5.49. The second-order valence-electron chi connectivity index (χ2n) is 2.35. The summed E-state index contributed by atoms with van der Waals surface area (Å²) in [5.74, 6) is 0. The van der Waals surface area contributed by atoms with Crippen molar-refractivity contribution in [2.24, 2.45) is 10.2 Å². The van der Waals surface area contributed by atoms with E-state index in [1.807, 2.05) is 18.2 Å². The molecular weight excluding hydrogens is 248 g/mol. The summed E-state index contributed by atoms with van der Waals surface area (Å²) < 4.78 is 5.37. The van der Waals surface area contributed by atoms with Crippen molar-refractivity contribution in [2.45, 2.75) is 6.92 Å². The smallest absolute Gasteiger partial charge is 0.447 e. The molecule has 5 heteroatoms. The number of azo groups is 1. The lowest BCUT2D eigenvalue weighted by atomic mass is 10.3. The highest BCUT2D eigenvalue weighted by Gasteiger charge is 1.99. The van der Waals surface area contributed by atoms with Crippen molar-refractivity contribution in [3.05, 3.63) is 28.7 Å². The van der Waals surface area contributed by atoms with Gasteiger partial charge in [-0.05, 0) is 35.0 Å². The summed E-state index contributed by atoms with van der Waals surface area (Å²) in [5, 5.41) is 7.11. The number of carbonyl (C=O) groups is 1. The number of benzene rings is 1. The summed E-state index contributed by atoms with van der Waals surface area (Å²) in [7, 11) is 0. The van der Waals surface area contributed by atoms with Crippen LogP contribution in [0.2, 0.25) is 0 Å². The molecule has 0 radical (unpaired) electrons. The fraction of sp³-hybridized carbons (Fsp3) is 0.222. The van der Waals surface area contributed by atoms with Crippen LogP contribution in [0.15, 0.2) is 39.0 Å². The van der Waals surface area contributed by atoms with Crippen LogP contribution in [-0.2, 0) is 4.74 Å². The van der Waals surface area contributed by atoms with E-state index in [0.717, 1.165) is 4.47 Å². The summed E-state index contributed by atoms with van der Waals surface area (Å²) in [4.78, 5) is 10.8. The second-order valence-corrected chi connectivity index (χ2v) is 3.20. The van der Waals surface area contributed by atoms with Crippen LogP contribution in [0, 0.1) is 0 Å². The Bertz CT molecular complexity index is 352. The van der Waals surface area contributed by atoms with E-state index >= 15 is 0 Å². The number of halogens is 1. The van der Waals surface area contributed by atoms with Gasteiger partial charge in [0.2, 0.25) is 0 Å². The minimum atomic E-state index is -0.678. The first kappa shape index (κ1) is 10.8. The van der Waals surface area contributed by atoms with Gasteiger partial charge in [-0.1, -0.05) is 17.2 Å². The molecule has 0 saturated carbocycles. The normalized spacial score (nSPS) is 10.4. The molecule has 1 rings (SSSR count). The molecule has 0 aromatic heterocycles. The number of ether oxygens (including phenoxy) is 1. The Morgan fingerprint density at radius 2 is 2.21 bits per heavy atom. The van der Waals surface area contributed by atoms with E-state index in [0.29, 0.717) is 12.3 Å². The van der Waals surface area contributed by atoms with Crippen molar-refractivity contribution >= 4 is 27.7 Å². The van der Waals surface area contributed by atoms with Crippen molar-refractivity contribution in [2.75, 3.05) is 6.61 Å². The molecular formula is C9H9BrN2O2. The summed E-state index contributed by atoms with van der Waals surface area (Å²) in [5.41, 5.74) is 0.598. The lowest BCUT2D eigenvalue weighted by molar-refractivity contribution is 0.162. The molecule has 1 aromatic rings. The van der Waals surface area contributed by atoms with E-state index in [2.05, 4.69) is 30.9 Å². The molecule has 1 amide bonds. The molecule has 0 heterocycles. The lowest BCUT2D eigenvalue weighted by Gasteiger charge is -1.95. The van der Waals surface area contributed by atoms with E-state index in [1.165, 1.54) is 0 Å². The minimum Gasteiger partial charge on any atom is -0.447 e. The number of hydrogen-bond acceptors (Lipinski definition) is 3. The van der Waals surface area contributed by atoms with Crippen LogP contribution in [0.4, 0.5) is 10.5 Å². The first-order chi connectivity index (χ1) is 6.74. The third kappa shape index (κ3) is 3.26. The van der Waals surface area contributed by atoms with E-state index < -0.39 is 6.09 Å². The third-order valence-corrected chi connectivity index (χ3v) is 2.03. The maximum absolute atomic E-state index is 10.8. The molecule has 0 spiro atoms. The van der Waals surface area contributed by atoms with Gasteiger partial charge in [0.25, 0.3) is 0 Å². The zero-order valence-electron chi connectivity index (χ0n) is 7.61. The SMILES string of the molecule is CCOC(=O)N=Nc1ccccc1Br. The van der Waals surface area contributed by atoms with Crippen LogP contribution in [0.3, 0.4) is 0 Å². The first-order valence-electron chi connectivity index (χ1n) is 4.07. The number of hydrogen-bond donors (Lipinski definition) is 0. The van der Waals surface area contributed by atoms with Gasteiger partial charge in [-0.2, -0.15) is 0 Å². The molecule has 14 heavy (non-hydrogen) atoms. The maximum atomic E-state index is 10.8. The van der Waals surface area contributed by atoms with Gasteiger partial charge < -0.3 is 4.74 Å². The summed E-state index contributed by atoms with van der Waals surface area (Å²) in [6, 6.07) is 7.23. The monoisotopic (exact) mass is 256 g/mol. The van der Waals surface area contributed by atoms with Crippen molar-refractivity contribution < 1.29 is 9.53 Å². The number of amides is 1. The molecule has 4 nitrogen and oxygen atoms in total. The quantitative estimate of drug-likeness (QED) is 0.758. The molecule has 0 N–H and O–H groups in total. The Morgan fingerprint density at radius 1 is 1.50 bits per heavy atom. The van der Waals surface area contributed by atoms with Gasteiger partial charge in [0.15, 0.2) is 0 Å². The zero-order chi connectivity index (χ0) is 10.4. The number of nitrogens with zero attached hydrogens (tertiary/aromatic N) is 2. The van der Waals surface area contributed by atoms with Crippen LogP contribution < -0.4 is 0 Å². The van der Waals surface area contributed by atoms with Crippen molar-refractivity contribution in [1.29, 1.82) is 0 Å². The molecule has 0 unspecified atom stereocenters. The number of carbonyl (C=O) groups excluding carboxylic acids is 1. The predicted molar refractivity (Wildman–Crippen MR) is 55.7 cm³/mol. The number of rotatable bonds is 2. The van der Waals surface area contributed by atoms with Gasteiger partial charge in [-0.25, -0.2) is 4.79 Å². The van der Waals surface area contributed by atoms with Crippen LogP contribution in [0.1, 0.15) is 6.92 Å². The first-order valence-corrected chi connectivity index (χ1v) is 4.86. The van der Waals surface area contributed by atoms with Crippen LogP contribution in [-0.4, -0.2) is 12.7 Å². The van der Waals surface area contributed by atoms with Crippen LogP contribution in [0.25, 0.3) is 0 Å². The Balaban J connectivity index is 2.69. The average Bonchev–Trinajstić information content (AvgIpc) is 2.17. The van der Waals surface area contributed by atoms with E-state index in [9.17, 15) is 4.79 Å². The standard InChI is InChI=1S/C9H9BrN2O2/c1-2-14-9(13)12-11-8-6-4-3-5-7(8)10/h3-6H,2H2,1H3. The highest BCUT2D eigenvalue weighted by atomic mass is 79.9. The molecule has 0 saturated heterocycles. The largest absolute Gasteiger partial charge is 0.452 e. The molecule has 0 aliphatic rings. The lowest BCUT2D eigenvalue weighted by Crippen LogP contribution is -1.95. The fourth-order valence-electron chi connectivity index (χ4n) is 0.780. The zero-order valence-corrected chi connectivity index (χ0v) is 9.19. The average molecular weight is 257 g/mol. The van der Waals surface area contributed by atoms with Gasteiger partial charge in [0.1, 0.15) is 5.69 Å². The molecule has 0 aliphatic heterocycles. The minimum absolute atomic E-state index is 0.299. The topological polar surface area (TPSA) is 51.0 Å². The Kier molecular flexibility index (Phi) is 4.25. The van der Waals surface area contributed by atoms with Crippen molar-refractivity contribution in [3.8, 4) is 0 Å². The van der Waals surface area contributed by atoms with Gasteiger partial charge >= 0.3 is 6.09 Å². The predicted octanol–water partition coefficient (Wildman–Crippen LogP) is 3.69. The van der Waals surface area contributed by atoms with E-state index in [1.54, 1.807) is 13.0 Å². The Hall–Kier alpha value is -1.23. The fourth-order valence-corrected chi connectivity index (χ4v) is 1.14. The highest BCUT2D eigenvalue weighted by Crippen LogP contribution is 2.24. The molecule has 0 fully saturated rings. The highest BCUT2D eigenvalue weighted by molar-refractivity contribution is 9.10. The summed E-state index contributed by atoms with van der Waals surface area (Å²) >= 11 is 3.28. The van der Waals surface area contributed by atoms with E-state index in [4.69, 9.17) is 0 Å². The van der Waals surface area contributed by atoms with Crippen molar-refractivity contribution in [1.82, 2.24) is 0 Å². The molecule has 0 bridgehead atoms. The molecule has 74 valence electrons. The van der Waals surface area contributed by atoms with Gasteiger partial charge in [0.05, 0.1) is 6.61 Å². The van der Waals surface area contributed by atoms with Crippen molar-refractivity contribution in [3.63, 3.8) is 0 Å². The maximum Gasteiger partial charge on any atom is 0.452 e. The van der Waals surface area contributed by atoms with Crippen LogP contribution in [0.5, 0.6) is 0 Å². The van der Waals surface area contributed by atoms with Gasteiger partial charge in [-0.15, -0.1) is 5.11 Å². The molecule has 0 aliphatic carbocycles. The molecule has 1 aromatic carbocycles. The summed E-state index contributed by atoms with van der Waals surface area (Å²) in [6.45, 7) is 2.01. The van der Waals surface area contributed by atoms with Crippen LogP contribution >= 0.6 is 15.9 Å². The van der Waals surface area contributed by atoms with Gasteiger partial charge in [-0.3, -0.25) is 0 Å². The Morgan fingerprint density at radius 3 is 2.86 bits per heavy atom. The molecule has 0 atom stereocenters.